The first kappa shape index (κ1) is 20.1. The van der Waals surface area contributed by atoms with E-state index in [1.54, 1.807) is 4.68 Å². The lowest BCUT2D eigenvalue weighted by atomic mass is 10.1. The number of carbonyl (C=O) groups excluding carboxylic acids is 1. The number of hydrogen-bond donors (Lipinski definition) is 1. The zero-order valence-electron chi connectivity index (χ0n) is 16.4. The number of anilines is 1. The summed E-state index contributed by atoms with van der Waals surface area (Å²) >= 11 is 0. The molecule has 1 N–H and O–H groups in total. The van der Waals surface area contributed by atoms with Gasteiger partial charge in [0.25, 0.3) is 0 Å². The van der Waals surface area contributed by atoms with Crippen LogP contribution in [0.1, 0.15) is 47.7 Å². The Labute approximate surface area is 170 Å². The molecule has 2 heterocycles. The third kappa shape index (κ3) is 4.87. The first-order valence-electron chi connectivity index (χ1n) is 9.68. The van der Waals surface area contributed by atoms with E-state index in [1.807, 2.05) is 31.2 Å². The summed E-state index contributed by atoms with van der Waals surface area (Å²) < 4.78 is 41.8. The fourth-order valence-corrected chi connectivity index (χ4v) is 3.28. The van der Waals surface area contributed by atoms with Crippen LogP contribution < -0.4 is 5.32 Å². The quantitative estimate of drug-likeness (QED) is 0.634. The third-order valence-electron chi connectivity index (χ3n) is 4.86. The standard InChI is InChI=1S/C20H21F3N6O/c1-13-3-2-4-14(9-13)11-28-12-24-19(27-28)25-18(30)7-8-29-16(15-5-6-15)10-17(26-29)20(21,22)23/h2-4,9-10,12,15H,5-8,11H2,1H3,(H,25,27,30). The lowest BCUT2D eigenvalue weighted by Crippen LogP contribution is -2.17. The van der Waals surface area contributed by atoms with Crippen molar-refractivity contribution < 1.29 is 18.0 Å². The van der Waals surface area contributed by atoms with E-state index >= 15 is 0 Å². The molecular weight excluding hydrogens is 397 g/mol. The summed E-state index contributed by atoms with van der Waals surface area (Å²) in [7, 11) is 0. The largest absolute Gasteiger partial charge is 0.435 e. The van der Waals surface area contributed by atoms with E-state index in [4.69, 9.17) is 0 Å². The maximum atomic E-state index is 13.0. The van der Waals surface area contributed by atoms with E-state index < -0.39 is 11.9 Å². The Bertz CT molecular complexity index is 1050. The van der Waals surface area contributed by atoms with Crippen LogP contribution in [0.25, 0.3) is 0 Å². The number of benzene rings is 1. The Balaban J connectivity index is 1.34. The Hall–Kier alpha value is -3.17. The van der Waals surface area contributed by atoms with Gasteiger partial charge in [-0.1, -0.05) is 29.8 Å². The van der Waals surface area contributed by atoms with Gasteiger partial charge in [-0.25, -0.2) is 9.67 Å². The molecule has 0 unspecified atom stereocenters. The number of rotatable bonds is 7. The Morgan fingerprint density at radius 3 is 2.73 bits per heavy atom. The maximum absolute atomic E-state index is 13.0. The molecule has 1 fully saturated rings. The van der Waals surface area contributed by atoms with Gasteiger partial charge in [0.1, 0.15) is 6.33 Å². The highest BCUT2D eigenvalue weighted by Crippen LogP contribution is 2.42. The van der Waals surface area contributed by atoms with Crippen LogP contribution in [0.15, 0.2) is 36.7 Å². The number of aryl methyl sites for hydroxylation is 2. The number of amides is 1. The van der Waals surface area contributed by atoms with Gasteiger partial charge in [-0.3, -0.25) is 14.8 Å². The number of hydrogen-bond acceptors (Lipinski definition) is 4. The lowest BCUT2D eigenvalue weighted by molar-refractivity contribution is -0.141. The van der Waals surface area contributed by atoms with E-state index in [0.29, 0.717) is 12.2 Å². The average Bonchev–Trinajstić information content (AvgIpc) is 3.26. The van der Waals surface area contributed by atoms with Crippen molar-refractivity contribution in [3.8, 4) is 0 Å². The van der Waals surface area contributed by atoms with E-state index in [2.05, 4.69) is 20.5 Å². The van der Waals surface area contributed by atoms with Crippen LogP contribution in [0, 0.1) is 6.92 Å². The van der Waals surface area contributed by atoms with Crippen molar-refractivity contribution in [1.29, 1.82) is 0 Å². The summed E-state index contributed by atoms with van der Waals surface area (Å²) in [5.74, 6) is -0.128. The van der Waals surface area contributed by atoms with Gasteiger partial charge in [0, 0.05) is 18.0 Å². The molecule has 0 radical (unpaired) electrons. The molecule has 0 saturated heterocycles. The normalized spacial score (nSPS) is 14.1. The summed E-state index contributed by atoms with van der Waals surface area (Å²) in [6, 6.07) is 9.06. The Morgan fingerprint density at radius 1 is 1.23 bits per heavy atom. The van der Waals surface area contributed by atoms with Crippen molar-refractivity contribution in [2.45, 2.75) is 51.4 Å². The van der Waals surface area contributed by atoms with Crippen LogP contribution in [-0.2, 0) is 24.1 Å². The van der Waals surface area contributed by atoms with E-state index in [0.717, 1.165) is 30.0 Å². The van der Waals surface area contributed by atoms with Crippen molar-refractivity contribution in [2.75, 3.05) is 5.32 Å². The molecule has 1 aromatic carbocycles. The van der Waals surface area contributed by atoms with Gasteiger partial charge in [-0.15, -0.1) is 5.10 Å². The third-order valence-corrected chi connectivity index (χ3v) is 4.86. The van der Waals surface area contributed by atoms with Crippen LogP contribution in [0.2, 0.25) is 0 Å². The van der Waals surface area contributed by atoms with Gasteiger partial charge >= 0.3 is 6.18 Å². The molecular formula is C20H21F3N6O. The minimum atomic E-state index is -4.49. The van der Waals surface area contributed by atoms with Crippen molar-refractivity contribution in [1.82, 2.24) is 24.5 Å². The highest BCUT2D eigenvalue weighted by atomic mass is 19.4. The van der Waals surface area contributed by atoms with Crippen LogP contribution >= 0.6 is 0 Å². The molecule has 0 atom stereocenters. The summed E-state index contributed by atoms with van der Waals surface area (Å²) in [6.07, 6.45) is -1.31. The van der Waals surface area contributed by atoms with Crippen LogP contribution in [0.3, 0.4) is 0 Å². The molecule has 4 rings (SSSR count). The van der Waals surface area contributed by atoms with E-state index in [1.165, 1.54) is 11.0 Å². The molecule has 158 valence electrons. The van der Waals surface area contributed by atoms with Crippen molar-refractivity contribution in [3.63, 3.8) is 0 Å². The van der Waals surface area contributed by atoms with Crippen molar-refractivity contribution in [3.05, 3.63) is 59.2 Å². The average molecular weight is 418 g/mol. The van der Waals surface area contributed by atoms with Gasteiger partial charge in [0.05, 0.1) is 13.1 Å². The van der Waals surface area contributed by atoms with Crippen molar-refractivity contribution in [2.24, 2.45) is 0 Å². The molecule has 0 aliphatic heterocycles. The number of nitrogens with zero attached hydrogens (tertiary/aromatic N) is 5. The molecule has 0 spiro atoms. The van der Waals surface area contributed by atoms with Gasteiger partial charge in [-0.05, 0) is 31.4 Å². The molecule has 3 aromatic rings. The minimum Gasteiger partial charge on any atom is -0.293 e. The topological polar surface area (TPSA) is 77.6 Å². The predicted molar refractivity (Wildman–Crippen MR) is 103 cm³/mol. The summed E-state index contributed by atoms with van der Waals surface area (Å²) in [5.41, 5.74) is 1.82. The first-order valence-corrected chi connectivity index (χ1v) is 9.68. The number of alkyl halides is 3. The van der Waals surface area contributed by atoms with Gasteiger partial charge in [0.2, 0.25) is 11.9 Å². The molecule has 2 aromatic heterocycles. The van der Waals surface area contributed by atoms with Crippen molar-refractivity contribution >= 4 is 11.9 Å². The highest BCUT2D eigenvalue weighted by Gasteiger charge is 2.37. The van der Waals surface area contributed by atoms with Gasteiger partial charge in [-0.2, -0.15) is 18.3 Å². The first-order chi connectivity index (χ1) is 14.3. The van der Waals surface area contributed by atoms with E-state index in [9.17, 15) is 18.0 Å². The minimum absolute atomic E-state index is 0.0227. The number of aromatic nitrogens is 5. The maximum Gasteiger partial charge on any atom is 0.435 e. The summed E-state index contributed by atoms with van der Waals surface area (Å²) in [6.45, 7) is 2.59. The molecule has 1 aliphatic rings. The molecule has 30 heavy (non-hydrogen) atoms. The predicted octanol–water partition coefficient (Wildman–Crippen LogP) is 3.76. The lowest BCUT2D eigenvalue weighted by Gasteiger charge is -2.06. The van der Waals surface area contributed by atoms with Gasteiger partial charge in [0.15, 0.2) is 5.69 Å². The number of carbonyl (C=O) groups is 1. The molecule has 1 aliphatic carbocycles. The Morgan fingerprint density at radius 2 is 2.03 bits per heavy atom. The van der Waals surface area contributed by atoms with Crippen LogP contribution in [-0.4, -0.2) is 30.5 Å². The van der Waals surface area contributed by atoms with Crippen LogP contribution in [0.5, 0.6) is 0 Å². The van der Waals surface area contributed by atoms with E-state index in [-0.39, 0.29) is 30.7 Å². The zero-order valence-corrected chi connectivity index (χ0v) is 16.4. The second-order valence-electron chi connectivity index (χ2n) is 7.50. The number of nitrogens with one attached hydrogen (secondary N) is 1. The zero-order chi connectivity index (χ0) is 21.3. The molecule has 1 saturated carbocycles. The monoisotopic (exact) mass is 418 g/mol. The molecule has 7 nitrogen and oxygen atoms in total. The summed E-state index contributed by atoms with van der Waals surface area (Å²) in [5, 5.41) is 10.5. The highest BCUT2D eigenvalue weighted by molar-refractivity contribution is 5.88. The van der Waals surface area contributed by atoms with Crippen LogP contribution in [0.4, 0.5) is 19.1 Å². The van der Waals surface area contributed by atoms with Gasteiger partial charge < -0.3 is 0 Å². The fraction of sp³-hybridized carbons (Fsp3) is 0.400. The molecule has 1 amide bonds. The molecule has 10 heteroatoms. The molecule has 0 bridgehead atoms. The smallest absolute Gasteiger partial charge is 0.293 e. The number of halogens is 3. The fourth-order valence-electron chi connectivity index (χ4n) is 3.28. The summed E-state index contributed by atoms with van der Waals surface area (Å²) in [4.78, 5) is 16.3. The second kappa shape index (κ2) is 7.92. The SMILES string of the molecule is Cc1cccc(Cn2cnc(NC(=O)CCn3nc(C(F)(F)F)cc3C3CC3)n2)c1. The second-order valence-corrected chi connectivity index (χ2v) is 7.50. The Kier molecular flexibility index (Phi) is 5.31.